The van der Waals surface area contributed by atoms with E-state index in [1.807, 2.05) is 48.5 Å². The van der Waals surface area contributed by atoms with Gasteiger partial charge in [-0.3, -0.25) is 10.1 Å². The van der Waals surface area contributed by atoms with E-state index in [4.69, 9.17) is 16.9 Å². The van der Waals surface area contributed by atoms with Crippen LogP contribution in [0.15, 0.2) is 78.9 Å². The van der Waals surface area contributed by atoms with Crippen LogP contribution in [0.3, 0.4) is 0 Å². The summed E-state index contributed by atoms with van der Waals surface area (Å²) >= 11 is 7.16. The fourth-order valence-corrected chi connectivity index (χ4v) is 4.07. The zero-order valence-corrected chi connectivity index (χ0v) is 19.8. The average molecular weight is 503 g/mol. The number of nitriles is 1. The molecule has 1 atom stereocenters. The lowest BCUT2D eigenvalue weighted by atomic mass is 10.1. The lowest BCUT2D eigenvalue weighted by Crippen LogP contribution is -2.46. The Morgan fingerprint density at radius 2 is 1.66 bits per heavy atom. The fraction of sp³-hybridized carbons (Fsp3) is 0.0800. The lowest BCUT2D eigenvalue weighted by molar-refractivity contribution is -0.117. The smallest absolute Gasteiger partial charge is 0.319 e. The second-order valence-corrected chi connectivity index (χ2v) is 8.85. The van der Waals surface area contributed by atoms with E-state index >= 15 is 0 Å². The summed E-state index contributed by atoms with van der Waals surface area (Å²) in [5.41, 5.74) is 2.68. The zero-order valence-electron chi connectivity index (χ0n) is 18.2. The van der Waals surface area contributed by atoms with Gasteiger partial charge in [-0.25, -0.2) is 4.79 Å². The molecule has 0 aliphatic carbocycles. The maximum absolute atomic E-state index is 13.1. The molecule has 0 aliphatic heterocycles. The van der Waals surface area contributed by atoms with Gasteiger partial charge in [0.15, 0.2) is 0 Å². The first-order chi connectivity index (χ1) is 17.0. The minimum Gasteiger partial charge on any atom is -0.326 e. The van der Waals surface area contributed by atoms with Crippen LogP contribution in [0, 0.1) is 11.3 Å². The lowest BCUT2D eigenvalue weighted by Gasteiger charge is -2.18. The molecule has 174 valence electrons. The molecule has 4 aromatic rings. The molecule has 0 bridgehead atoms. The van der Waals surface area contributed by atoms with Gasteiger partial charge in [-0.15, -0.1) is 10.2 Å². The van der Waals surface area contributed by atoms with Gasteiger partial charge in [0.2, 0.25) is 11.0 Å². The van der Waals surface area contributed by atoms with Crippen LogP contribution in [-0.4, -0.2) is 28.2 Å². The molecule has 3 aromatic carbocycles. The number of anilines is 2. The number of rotatable bonds is 7. The quantitative estimate of drug-likeness (QED) is 0.324. The van der Waals surface area contributed by atoms with Gasteiger partial charge in [0.25, 0.3) is 0 Å². The van der Waals surface area contributed by atoms with Gasteiger partial charge >= 0.3 is 6.03 Å². The SMILES string of the molecule is N#Cc1ccc(NC(=O)N[C@@H](Cc2ccccc2)C(=O)Nc2nnc(-c3ccc(Cl)cc3)s2)cc1. The first kappa shape index (κ1) is 23.9. The molecule has 8 nitrogen and oxygen atoms in total. The number of carbonyl (C=O) groups excluding carboxylic acids is 2. The number of aromatic nitrogens is 2. The highest BCUT2D eigenvalue weighted by molar-refractivity contribution is 7.18. The molecular weight excluding hydrogens is 484 g/mol. The van der Waals surface area contributed by atoms with Crippen molar-refractivity contribution in [1.29, 1.82) is 5.26 Å². The number of urea groups is 1. The number of hydrogen-bond donors (Lipinski definition) is 3. The molecule has 0 unspecified atom stereocenters. The van der Waals surface area contributed by atoms with Gasteiger partial charge in [0.05, 0.1) is 11.6 Å². The Kier molecular flexibility index (Phi) is 7.67. The number of amides is 3. The Bertz CT molecular complexity index is 1350. The second-order valence-electron chi connectivity index (χ2n) is 7.44. The highest BCUT2D eigenvalue weighted by atomic mass is 35.5. The van der Waals surface area contributed by atoms with Crippen molar-refractivity contribution in [2.75, 3.05) is 10.6 Å². The van der Waals surface area contributed by atoms with E-state index in [2.05, 4.69) is 26.1 Å². The molecule has 0 aliphatic rings. The van der Waals surface area contributed by atoms with E-state index < -0.39 is 18.0 Å². The number of carbonyl (C=O) groups is 2. The zero-order chi connectivity index (χ0) is 24.6. The van der Waals surface area contributed by atoms with Crippen molar-refractivity contribution in [2.24, 2.45) is 0 Å². The fourth-order valence-electron chi connectivity index (χ4n) is 3.19. The van der Waals surface area contributed by atoms with Crippen LogP contribution in [0.1, 0.15) is 11.1 Å². The molecule has 0 saturated carbocycles. The number of nitrogens with one attached hydrogen (secondary N) is 3. The molecular formula is C25H19ClN6O2S. The molecule has 3 amide bonds. The number of hydrogen-bond acceptors (Lipinski definition) is 6. The summed E-state index contributed by atoms with van der Waals surface area (Å²) in [6.45, 7) is 0. The van der Waals surface area contributed by atoms with Crippen LogP contribution in [-0.2, 0) is 11.2 Å². The third-order valence-corrected chi connectivity index (χ3v) is 6.06. The summed E-state index contributed by atoms with van der Waals surface area (Å²) in [4.78, 5) is 25.7. The summed E-state index contributed by atoms with van der Waals surface area (Å²) in [7, 11) is 0. The third-order valence-electron chi connectivity index (χ3n) is 4.92. The van der Waals surface area contributed by atoms with Gasteiger partial charge < -0.3 is 10.6 Å². The van der Waals surface area contributed by atoms with Crippen molar-refractivity contribution in [2.45, 2.75) is 12.5 Å². The summed E-state index contributed by atoms with van der Waals surface area (Å²) in [5, 5.41) is 26.8. The van der Waals surface area contributed by atoms with E-state index in [-0.39, 0.29) is 6.42 Å². The molecule has 1 aromatic heterocycles. The van der Waals surface area contributed by atoms with Crippen LogP contribution in [0.4, 0.5) is 15.6 Å². The second kappa shape index (κ2) is 11.2. The van der Waals surface area contributed by atoms with E-state index in [1.165, 1.54) is 11.3 Å². The third kappa shape index (κ3) is 6.63. The molecule has 0 spiro atoms. The summed E-state index contributed by atoms with van der Waals surface area (Å²) in [6.07, 6.45) is 0.274. The Morgan fingerprint density at radius 3 is 2.34 bits per heavy atom. The van der Waals surface area contributed by atoms with Crippen LogP contribution >= 0.6 is 22.9 Å². The van der Waals surface area contributed by atoms with Crippen molar-refractivity contribution in [3.8, 4) is 16.6 Å². The van der Waals surface area contributed by atoms with Crippen molar-refractivity contribution < 1.29 is 9.59 Å². The normalized spacial score (nSPS) is 11.2. The average Bonchev–Trinajstić information content (AvgIpc) is 3.33. The number of nitrogens with zero attached hydrogens (tertiary/aromatic N) is 3. The van der Waals surface area contributed by atoms with Gasteiger partial charge in [-0.05, 0) is 42.0 Å². The molecule has 0 saturated heterocycles. The van der Waals surface area contributed by atoms with Crippen molar-refractivity contribution in [3.05, 3.63) is 95.0 Å². The molecule has 10 heteroatoms. The van der Waals surface area contributed by atoms with Crippen molar-refractivity contribution in [1.82, 2.24) is 15.5 Å². The predicted molar refractivity (Wildman–Crippen MR) is 136 cm³/mol. The van der Waals surface area contributed by atoms with E-state index in [1.54, 1.807) is 36.4 Å². The van der Waals surface area contributed by atoms with E-state index in [0.717, 1.165) is 11.1 Å². The Morgan fingerprint density at radius 1 is 0.943 bits per heavy atom. The maximum Gasteiger partial charge on any atom is 0.319 e. The molecule has 1 heterocycles. The van der Waals surface area contributed by atoms with E-state index in [9.17, 15) is 9.59 Å². The highest BCUT2D eigenvalue weighted by Gasteiger charge is 2.23. The Labute approximate surface area is 210 Å². The largest absolute Gasteiger partial charge is 0.326 e. The topological polar surface area (TPSA) is 120 Å². The summed E-state index contributed by atoms with van der Waals surface area (Å²) in [6, 6.07) is 23.5. The first-order valence-corrected chi connectivity index (χ1v) is 11.7. The van der Waals surface area contributed by atoms with Crippen molar-refractivity contribution >= 4 is 45.7 Å². The van der Waals surface area contributed by atoms with Gasteiger partial charge in [0.1, 0.15) is 11.0 Å². The molecule has 4 rings (SSSR count). The van der Waals surface area contributed by atoms with Gasteiger partial charge in [-0.2, -0.15) is 5.26 Å². The molecule has 35 heavy (non-hydrogen) atoms. The standard InChI is InChI=1S/C25H19ClN6O2S/c26-19-10-8-18(9-11-19)23-31-32-25(35-23)30-22(33)21(14-16-4-2-1-3-5-16)29-24(34)28-20-12-6-17(15-27)7-13-20/h1-13,21H,14H2,(H2,28,29,34)(H,30,32,33)/t21-/m0/s1. The highest BCUT2D eigenvalue weighted by Crippen LogP contribution is 2.27. The molecule has 3 N–H and O–H groups in total. The minimum absolute atomic E-state index is 0.274. The predicted octanol–water partition coefficient (Wildman–Crippen LogP) is 5.10. The Hall–Kier alpha value is -4.26. The van der Waals surface area contributed by atoms with Crippen LogP contribution in [0.2, 0.25) is 5.02 Å². The molecule has 0 fully saturated rings. The van der Waals surface area contributed by atoms with Crippen LogP contribution < -0.4 is 16.0 Å². The number of benzene rings is 3. The van der Waals surface area contributed by atoms with Gasteiger partial charge in [0, 0.05) is 22.7 Å². The minimum atomic E-state index is -0.876. The van der Waals surface area contributed by atoms with Gasteiger partial charge in [-0.1, -0.05) is 65.4 Å². The Balaban J connectivity index is 1.46. The summed E-state index contributed by atoms with van der Waals surface area (Å²) < 4.78 is 0. The van der Waals surface area contributed by atoms with E-state index in [0.29, 0.717) is 26.4 Å². The first-order valence-electron chi connectivity index (χ1n) is 10.5. The maximum atomic E-state index is 13.1. The number of halogens is 1. The monoisotopic (exact) mass is 502 g/mol. The van der Waals surface area contributed by atoms with Crippen molar-refractivity contribution in [3.63, 3.8) is 0 Å². The summed E-state index contributed by atoms with van der Waals surface area (Å²) in [5.74, 6) is -0.428. The van der Waals surface area contributed by atoms with Crippen LogP contribution in [0.25, 0.3) is 10.6 Å². The van der Waals surface area contributed by atoms with Crippen LogP contribution in [0.5, 0.6) is 0 Å². The molecule has 0 radical (unpaired) electrons.